The van der Waals surface area contributed by atoms with Crippen LogP contribution in [0.15, 0.2) is 0 Å². The summed E-state index contributed by atoms with van der Waals surface area (Å²) in [5.74, 6) is -5.82. The minimum Gasteiger partial charge on any atom is -0.462 e. The van der Waals surface area contributed by atoms with Crippen LogP contribution >= 0.6 is 0 Å². The van der Waals surface area contributed by atoms with Gasteiger partial charge in [0.1, 0.15) is 48.8 Å². The zero-order valence-corrected chi connectivity index (χ0v) is 69.5. The van der Waals surface area contributed by atoms with Crippen molar-refractivity contribution in [1.82, 2.24) is 40.9 Å². The molecule has 5 saturated heterocycles. The molecular weight excluding hydrogens is 1560 g/mol. The highest BCUT2D eigenvalue weighted by molar-refractivity contribution is 5.95. The lowest BCUT2D eigenvalue weighted by molar-refractivity contribution is -0.163. The van der Waals surface area contributed by atoms with Gasteiger partial charge in [0, 0.05) is 93.1 Å². The van der Waals surface area contributed by atoms with Crippen LogP contribution < -0.4 is 21.3 Å². The Hall–Kier alpha value is -9.12. The molecule has 0 radical (unpaired) electrons. The number of methoxy groups -OCH3 is 2. The van der Waals surface area contributed by atoms with E-state index in [2.05, 4.69) is 21.3 Å². The minimum absolute atomic E-state index is 0.0131. The Bertz CT molecular complexity index is 3040. The number of amides is 12. The molecule has 12 amide bonds. The average molecular weight is 1690 g/mol. The maximum Gasteiger partial charge on any atom is 0.417 e. The van der Waals surface area contributed by atoms with E-state index in [9.17, 15) is 76.7 Å². The van der Waals surface area contributed by atoms with Gasteiger partial charge in [-0.1, -0.05) is 38.5 Å². The first-order valence-corrected chi connectivity index (χ1v) is 41.1. The number of imide groups is 4. The van der Waals surface area contributed by atoms with Crippen molar-refractivity contribution in [1.29, 1.82) is 0 Å². The Kier molecular flexibility index (Phi) is 46.9. The van der Waals surface area contributed by atoms with Gasteiger partial charge in [0.05, 0.1) is 78.7 Å². The highest BCUT2D eigenvalue weighted by Crippen LogP contribution is 2.33. The fourth-order valence-corrected chi connectivity index (χ4v) is 13.2. The van der Waals surface area contributed by atoms with Crippen LogP contribution in [0.4, 0.5) is 28.8 Å². The molecule has 0 aromatic rings. The first-order valence-electron chi connectivity index (χ1n) is 41.1. The van der Waals surface area contributed by atoms with Crippen molar-refractivity contribution in [3.05, 3.63) is 0 Å². The largest absolute Gasteiger partial charge is 0.462 e. The molecular formula is C78H124N8O32. The molecule has 0 aromatic carbocycles. The summed E-state index contributed by atoms with van der Waals surface area (Å²) in [6.07, 6.45) is -3.04. The number of carbonyl (C=O) groups is 16. The number of rotatable bonds is 40. The monoisotopic (exact) mass is 1680 g/mol. The van der Waals surface area contributed by atoms with E-state index in [0.717, 1.165) is 45.3 Å². The Labute approximate surface area is 687 Å². The van der Waals surface area contributed by atoms with Gasteiger partial charge < -0.3 is 97.1 Å². The zero-order valence-electron chi connectivity index (χ0n) is 69.5. The van der Waals surface area contributed by atoms with E-state index in [4.69, 9.17) is 75.8 Å². The molecule has 5 aliphatic rings. The smallest absolute Gasteiger partial charge is 0.417 e. The molecule has 40 heteroatoms. The molecule has 4 N–H and O–H groups in total. The summed E-state index contributed by atoms with van der Waals surface area (Å²) in [4.78, 5) is 211. The highest BCUT2D eigenvalue weighted by Gasteiger charge is 2.53. The lowest BCUT2D eigenvalue weighted by Gasteiger charge is -2.24. The van der Waals surface area contributed by atoms with Crippen LogP contribution in [0.5, 0.6) is 0 Å². The third-order valence-electron chi connectivity index (χ3n) is 19.3. The quantitative estimate of drug-likeness (QED) is 0.0288. The van der Waals surface area contributed by atoms with Crippen LogP contribution in [0.3, 0.4) is 0 Å². The second-order valence-corrected chi connectivity index (χ2v) is 29.5. The van der Waals surface area contributed by atoms with Crippen molar-refractivity contribution in [2.75, 3.05) is 107 Å². The van der Waals surface area contributed by atoms with E-state index >= 15 is 0 Å². The number of ether oxygens (including phenoxy) is 16. The third kappa shape index (κ3) is 38.3. The molecule has 5 rings (SSSR count). The van der Waals surface area contributed by atoms with Crippen molar-refractivity contribution in [2.24, 2.45) is 0 Å². The van der Waals surface area contributed by atoms with E-state index in [1.165, 1.54) is 27.7 Å². The van der Waals surface area contributed by atoms with Gasteiger partial charge in [-0.15, -0.1) is 0 Å². The van der Waals surface area contributed by atoms with E-state index in [1.807, 2.05) is 0 Å². The Balaban J connectivity index is 1.04. The maximum absolute atomic E-state index is 13.8. The van der Waals surface area contributed by atoms with Gasteiger partial charge in [-0.05, 0) is 118 Å². The van der Waals surface area contributed by atoms with Crippen LogP contribution in [0.2, 0.25) is 0 Å². The number of nitrogens with one attached hydrogen (secondary N) is 4. The molecule has 40 nitrogen and oxygen atoms in total. The van der Waals surface area contributed by atoms with E-state index < -0.39 is 182 Å². The molecule has 0 spiro atoms. The fourth-order valence-electron chi connectivity index (χ4n) is 13.2. The van der Waals surface area contributed by atoms with E-state index in [-0.39, 0.29) is 143 Å². The summed E-state index contributed by atoms with van der Waals surface area (Å²) in [5, 5.41) is 9.80. The molecule has 0 bridgehead atoms. The lowest BCUT2D eigenvalue weighted by atomic mass is 10.1. The van der Waals surface area contributed by atoms with Crippen molar-refractivity contribution in [3.8, 4) is 0 Å². The molecule has 0 aromatic heterocycles. The molecule has 12 unspecified atom stereocenters. The van der Waals surface area contributed by atoms with Crippen molar-refractivity contribution in [2.45, 2.75) is 295 Å². The predicted octanol–water partition coefficient (Wildman–Crippen LogP) is 6.51. The molecule has 668 valence electrons. The van der Waals surface area contributed by atoms with Gasteiger partial charge in [0.25, 0.3) is 0 Å². The molecule has 5 aliphatic heterocycles. The summed E-state index contributed by atoms with van der Waals surface area (Å²) < 4.78 is 88.2. The van der Waals surface area contributed by atoms with Crippen LogP contribution in [0, 0.1) is 0 Å². The standard InChI is InChI=1S/C78H124N8O32/c1-51(111-61(89)29-17-13-25-37-103-7)41-65(93)115-57-45-107-71-59(47-109-69(57)71)117-67(95)43-53(3)113-63(91)31-19-15-27-39-105-77(101)85-35-23-11-9-21-33-83(55(5)87)73(97)79-49-80-74(98)84(56(6)88)34-22-10-12-24-36-86(76(100)82-50-81-75(85)99)78(102)106-40-28-16-20-32-64(92)114-54(4)44-68(96)118-60-48-110-70-58(46-108-72(60)70)116-66(94)42-52(2)112-62(90)30-18-14-26-38-104-8/h51-54,57-60,69-72H,9-50H2,1-8H3,(H,79,97)(H,80,98)(H,81,99)(H,82,100). The summed E-state index contributed by atoms with van der Waals surface area (Å²) in [6, 6.07) is -3.55. The number of hydrogen-bond acceptors (Lipinski definition) is 32. The first-order chi connectivity index (χ1) is 56.6. The lowest BCUT2D eigenvalue weighted by Crippen LogP contribution is -2.51. The minimum atomic E-state index is -1.05. The van der Waals surface area contributed by atoms with Gasteiger partial charge in [-0.3, -0.25) is 57.7 Å². The topological polar surface area (TPSA) is 482 Å². The normalized spacial score (nSPS) is 22.2. The van der Waals surface area contributed by atoms with Crippen LogP contribution in [0.25, 0.3) is 0 Å². The molecule has 0 saturated carbocycles. The van der Waals surface area contributed by atoms with E-state index in [1.54, 1.807) is 28.1 Å². The van der Waals surface area contributed by atoms with Gasteiger partial charge in [0.2, 0.25) is 11.8 Å². The van der Waals surface area contributed by atoms with Gasteiger partial charge in [0.15, 0.2) is 24.4 Å². The van der Waals surface area contributed by atoms with Gasteiger partial charge in [-0.25, -0.2) is 38.6 Å². The summed E-state index contributed by atoms with van der Waals surface area (Å²) in [7, 11) is 3.21. The number of hydrogen-bond donors (Lipinski definition) is 4. The molecule has 5 fully saturated rings. The first kappa shape index (κ1) is 99.4. The van der Waals surface area contributed by atoms with Crippen molar-refractivity contribution in [3.63, 3.8) is 0 Å². The Morgan fingerprint density at radius 1 is 0.331 bits per heavy atom. The highest BCUT2D eigenvalue weighted by atomic mass is 16.7. The predicted molar refractivity (Wildman–Crippen MR) is 408 cm³/mol. The SMILES string of the molecule is COCCCCCC(=O)OC(C)CC(=O)OC1COC2C(OC(=O)CC(C)OC(=O)CCCCCOC(=O)N3CCCCCCN(C(C)=O)C(=O)NCNC(=O)N(C(C)=O)CCCCCCN(C(=O)OCCCCCC(=O)OC(C)CC(=O)OC4COC5C(OC(=O)CC(C)OC(=O)CCCCCOC)COC45)C(=O)NCNC3=O)COC12. The second-order valence-electron chi connectivity index (χ2n) is 29.5. The molecule has 12 atom stereocenters. The van der Waals surface area contributed by atoms with Crippen molar-refractivity contribution >= 4 is 95.9 Å². The summed E-state index contributed by atoms with van der Waals surface area (Å²) in [5.41, 5.74) is 0. The van der Waals surface area contributed by atoms with Crippen LogP contribution in [0.1, 0.15) is 221 Å². The maximum atomic E-state index is 13.8. The van der Waals surface area contributed by atoms with Crippen LogP contribution in [-0.4, -0.2) is 295 Å². The summed E-state index contributed by atoms with van der Waals surface area (Å²) >= 11 is 0. The second kappa shape index (κ2) is 55.6. The number of urea groups is 4. The molecule has 118 heavy (non-hydrogen) atoms. The fraction of sp³-hybridized carbons (Fsp3) is 0.795. The van der Waals surface area contributed by atoms with Crippen molar-refractivity contribution < 1.29 is 153 Å². The zero-order chi connectivity index (χ0) is 86.3. The number of nitrogens with zero attached hydrogens (tertiary/aromatic N) is 4. The number of esters is 8. The molecule has 0 aliphatic carbocycles. The Morgan fingerprint density at radius 2 is 0.568 bits per heavy atom. The van der Waals surface area contributed by atoms with E-state index in [0.29, 0.717) is 90.3 Å². The Morgan fingerprint density at radius 3 is 0.814 bits per heavy atom. The number of carbonyl (C=O) groups excluding carboxylic acids is 16. The summed E-state index contributed by atoms with van der Waals surface area (Å²) in [6.45, 7) is 7.91. The third-order valence-corrected chi connectivity index (χ3v) is 19.3. The number of fused-ring (bicyclic) bond motifs is 2. The molecule has 5 heterocycles. The van der Waals surface area contributed by atoms with Gasteiger partial charge >= 0.3 is 84.1 Å². The number of unbranched alkanes of at least 4 members (excludes halogenated alkanes) is 8. The van der Waals surface area contributed by atoms with Gasteiger partial charge in [-0.2, -0.15) is 0 Å². The average Bonchev–Trinajstić information content (AvgIpc) is 1.65. The van der Waals surface area contributed by atoms with Crippen LogP contribution in [-0.2, 0) is 124 Å².